The Hall–Kier alpha value is -2.39. The van der Waals surface area contributed by atoms with Crippen molar-refractivity contribution in [2.75, 3.05) is 32.8 Å². The molecule has 9 heteroatoms. The number of nitrogens with one attached hydrogen (secondary N) is 1. The molecule has 0 radical (unpaired) electrons. The second kappa shape index (κ2) is 9.70. The van der Waals surface area contributed by atoms with Crippen LogP contribution in [0.5, 0.6) is 11.5 Å². The minimum Gasteiger partial charge on any atom is -0.493 e. The minimum absolute atomic E-state index is 0.153. The van der Waals surface area contributed by atoms with Crippen molar-refractivity contribution in [3.63, 3.8) is 0 Å². The number of benzene rings is 2. The van der Waals surface area contributed by atoms with Crippen molar-refractivity contribution in [2.45, 2.75) is 23.6 Å². The molecule has 2 aromatic carbocycles. The number of ether oxygens (including phenoxy) is 3. The van der Waals surface area contributed by atoms with Gasteiger partial charge < -0.3 is 19.5 Å². The standard InChI is InChI=1S/C19H23F2NO5S/c1-13(14-4-9-17(18(12-14)26-3)27-11-10-25-2)22-15-5-7-16(8-6-15)28(23,24)19(20)21/h4-9,12-13,19,22H,10-11H2,1-3H3. The van der Waals surface area contributed by atoms with E-state index in [1.165, 1.54) is 12.1 Å². The molecule has 0 aromatic heterocycles. The molecule has 1 atom stereocenters. The van der Waals surface area contributed by atoms with Crippen molar-refractivity contribution in [3.8, 4) is 11.5 Å². The Labute approximate surface area is 163 Å². The summed E-state index contributed by atoms with van der Waals surface area (Å²) in [5.41, 5.74) is 1.50. The molecule has 154 valence electrons. The highest BCUT2D eigenvalue weighted by molar-refractivity contribution is 7.91. The Kier molecular flexibility index (Phi) is 7.59. The van der Waals surface area contributed by atoms with Gasteiger partial charge in [-0.2, -0.15) is 8.78 Å². The van der Waals surface area contributed by atoms with E-state index >= 15 is 0 Å². The summed E-state index contributed by atoms with van der Waals surface area (Å²) in [4.78, 5) is -0.417. The molecule has 1 unspecified atom stereocenters. The maximum absolute atomic E-state index is 12.6. The molecule has 0 amide bonds. The van der Waals surface area contributed by atoms with Crippen LogP contribution in [0.4, 0.5) is 14.5 Å². The Morgan fingerprint density at radius 1 is 1.00 bits per heavy atom. The Bertz CT molecular complexity index is 872. The molecule has 0 aliphatic heterocycles. The summed E-state index contributed by atoms with van der Waals surface area (Å²) in [7, 11) is -1.46. The molecule has 28 heavy (non-hydrogen) atoms. The van der Waals surface area contributed by atoms with Gasteiger partial charge in [0.2, 0.25) is 9.84 Å². The van der Waals surface area contributed by atoms with Crippen LogP contribution in [0.25, 0.3) is 0 Å². The number of hydrogen-bond donors (Lipinski definition) is 1. The summed E-state index contributed by atoms with van der Waals surface area (Å²) in [6.07, 6.45) is 0. The van der Waals surface area contributed by atoms with E-state index in [0.29, 0.717) is 30.4 Å². The van der Waals surface area contributed by atoms with Crippen LogP contribution >= 0.6 is 0 Å². The average Bonchev–Trinajstić information content (AvgIpc) is 2.68. The van der Waals surface area contributed by atoms with Gasteiger partial charge >= 0.3 is 5.76 Å². The lowest BCUT2D eigenvalue weighted by molar-refractivity contribution is 0.144. The van der Waals surface area contributed by atoms with E-state index in [9.17, 15) is 17.2 Å². The summed E-state index contributed by atoms with van der Waals surface area (Å²) in [5, 5.41) is 3.19. The zero-order chi connectivity index (χ0) is 20.7. The first-order chi connectivity index (χ1) is 13.3. The van der Waals surface area contributed by atoms with E-state index in [1.807, 2.05) is 19.1 Å². The zero-order valence-electron chi connectivity index (χ0n) is 15.8. The lowest BCUT2D eigenvalue weighted by atomic mass is 10.1. The first-order valence-corrected chi connectivity index (χ1v) is 10.0. The van der Waals surface area contributed by atoms with Crippen LogP contribution < -0.4 is 14.8 Å². The highest BCUT2D eigenvalue weighted by atomic mass is 32.2. The largest absolute Gasteiger partial charge is 0.493 e. The van der Waals surface area contributed by atoms with Gasteiger partial charge in [0.25, 0.3) is 0 Å². The number of alkyl halides is 2. The average molecular weight is 415 g/mol. The van der Waals surface area contributed by atoms with E-state index < -0.39 is 20.5 Å². The van der Waals surface area contributed by atoms with Crippen LogP contribution in [-0.2, 0) is 14.6 Å². The quantitative estimate of drug-likeness (QED) is 0.594. The van der Waals surface area contributed by atoms with Crippen LogP contribution in [0.2, 0.25) is 0 Å². The Morgan fingerprint density at radius 2 is 1.68 bits per heavy atom. The van der Waals surface area contributed by atoms with Gasteiger partial charge in [0, 0.05) is 18.8 Å². The number of rotatable bonds is 10. The third-order valence-corrected chi connectivity index (χ3v) is 5.43. The Morgan fingerprint density at radius 3 is 2.25 bits per heavy atom. The summed E-state index contributed by atoms with van der Waals surface area (Å²) < 4.78 is 64.1. The summed E-state index contributed by atoms with van der Waals surface area (Å²) >= 11 is 0. The van der Waals surface area contributed by atoms with Gasteiger partial charge in [0.15, 0.2) is 11.5 Å². The van der Waals surface area contributed by atoms with E-state index in [1.54, 1.807) is 20.3 Å². The second-order valence-corrected chi connectivity index (χ2v) is 7.87. The molecule has 0 fully saturated rings. The van der Waals surface area contributed by atoms with Crippen molar-refractivity contribution in [2.24, 2.45) is 0 Å². The van der Waals surface area contributed by atoms with Crippen LogP contribution in [0.15, 0.2) is 47.4 Å². The van der Waals surface area contributed by atoms with E-state index in [2.05, 4.69) is 5.32 Å². The third kappa shape index (κ3) is 5.32. The third-order valence-electron chi connectivity index (χ3n) is 4.03. The predicted octanol–water partition coefficient (Wildman–Crippen LogP) is 3.89. The molecule has 0 bridgehead atoms. The summed E-state index contributed by atoms with van der Waals surface area (Å²) in [5.74, 6) is -2.28. The molecule has 0 saturated heterocycles. The fourth-order valence-corrected chi connectivity index (χ4v) is 3.21. The number of sulfone groups is 1. The molecule has 0 heterocycles. The zero-order valence-corrected chi connectivity index (χ0v) is 16.6. The van der Waals surface area contributed by atoms with Crippen molar-refractivity contribution in [1.29, 1.82) is 0 Å². The van der Waals surface area contributed by atoms with Crippen LogP contribution in [0.3, 0.4) is 0 Å². The molecule has 2 rings (SSSR count). The van der Waals surface area contributed by atoms with E-state index in [4.69, 9.17) is 14.2 Å². The van der Waals surface area contributed by atoms with Crippen LogP contribution in [0.1, 0.15) is 18.5 Å². The SMILES string of the molecule is COCCOc1ccc(C(C)Nc2ccc(S(=O)(=O)C(F)F)cc2)cc1OC. The smallest absolute Gasteiger partial charge is 0.341 e. The van der Waals surface area contributed by atoms with Crippen LogP contribution in [-0.4, -0.2) is 41.6 Å². The predicted molar refractivity (Wildman–Crippen MR) is 102 cm³/mol. The molecular weight excluding hydrogens is 392 g/mol. The summed E-state index contributed by atoms with van der Waals surface area (Å²) in [6, 6.07) is 10.6. The molecule has 1 N–H and O–H groups in total. The van der Waals surface area contributed by atoms with E-state index in [-0.39, 0.29) is 6.04 Å². The fraction of sp³-hybridized carbons (Fsp3) is 0.368. The van der Waals surface area contributed by atoms with Gasteiger partial charge in [-0.3, -0.25) is 0 Å². The molecule has 0 saturated carbocycles. The maximum Gasteiger partial charge on any atom is 0.341 e. The first kappa shape index (κ1) is 21.9. The van der Waals surface area contributed by atoms with Gasteiger partial charge in [0.05, 0.1) is 18.6 Å². The lowest BCUT2D eigenvalue weighted by Crippen LogP contribution is -2.12. The van der Waals surface area contributed by atoms with Gasteiger partial charge in [0.1, 0.15) is 6.61 Å². The van der Waals surface area contributed by atoms with E-state index in [0.717, 1.165) is 17.7 Å². The maximum atomic E-state index is 12.6. The van der Waals surface area contributed by atoms with Gasteiger partial charge in [-0.1, -0.05) is 6.07 Å². The number of hydrogen-bond acceptors (Lipinski definition) is 6. The van der Waals surface area contributed by atoms with Gasteiger partial charge in [-0.15, -0.1) is 0 Å². The van der Waals surface area contributed by atoms with Gasteiger partial charge in [-0.05, 0) is 48.9 Å². The molecule has 2 aromatic rings. The normalized spacial score (nSPS) is 12.6. The molecule has 0 aliphatic carbocycles. The van der Waals surface area contributed by atoms with Crippen LogP contribution in [0, 0.1) is 0 Å². The van der Waals surface area contributed by atoms with Gasteiger partial charge in [-0.25, -0.2) is 8.42 Å². The topological polar surface area (TPSA) is 73.9 Å². The molecule has 6 nitrogen and oxygen atoms in total. The number of halogens is 2. The van der Waals surface area contributed by atoms with Crippen molar-refractivity contribution in [1.82, 2.24) is 0 Å². The lowest BCUT2D eigenvalue weighted by Gasteiger charge is -2.18. The minimum atomic E-state index is -4.60. The van der Waals surface area contributed by atoms with Crippen molar-refractivity contribution >= 4 is 15.5 Å². The van der Waals surface area contributed by atoms with Crippen molar-refractivity contribution in [3.05, 3.63) is 48.0 Å². The summed E-state index contributed by atoms with van der Waals surface area (Å²) in [6.45, 7) is 2.76. The number of methoxy groups -OCH3 is 2. The molecule has 0 spiro atoms. The monoisotopic (exact) mass is 415 g/mol. The molecular formula is C19H23F2NO5S. The number of anilines is 1. The Balaban J connectivity index is 2.11. The highest BCUT2D eigenvalue weighted by Crippen LogP contribution is 2.31. The second-order valence-electron chi connectivity index (χ2n) is 5.95. The fourth-order valence-electron chi connectivity index (χ4n) is 2.48. The van der Waals surface area contributed by atoms with Crippen molar-refractivity contribution < 1.29 is 31.4 Å². The highest BCUT2D eigenvalue weighted by Gasteiger charge is 2.26. The first-order valence-electron chi connectivity index (χ1n) is 8.48. The molecule has 0 aliphatic rings.